The monoisotopic (exact) mass is 441 g/mol. The molecule has 0 bridgehead atoms. The van der Waals surface area contributed by atoms with Gasteiger partial charge in [-0.2, -0.15) is 5.10 Å². The van der Waals surface area contributed by atoms with Gasteiger partial charge < -0.3 is 19.5 Å². The minimum atomic E-state index is -0.424. The van der Waals surface area contributed by atoms with Gasteiger partial charge in [0.05, 0.1) is 12.3 Å². The zero-order chi connectivity index (χ0) is 22.4. The molecule has 0 fully saturated rings. The number of hydrogen-bond donors (Lipinski definition) is 2. The van der Waals surface area contributed by atoms with Gasteiger partial charge in [-0.15, -0.1) is 0 Å². The lowest BCUT2D eigenvalue weighted by Crippen LogP contribution is -2.37. The molecule has 2 aromatic rings. The standard InChI is InChI=1S/C23H27N3O4S/c1-5-28-21(27)14-29-17-9-10-20-18(12-17)19(13-23(3,4)30-20)25-26-22(31)24-16-8-6-7-15(2)11-16/h6-12H,5,13-14H2,1-4H3,(H2,24,26,31). The number of carbonyl (C=O) groups is 1. The van der Waals surface area contributed by atoms with E-state index in [4.69, 9.17) is 26.4 Å². The van der Waals surface area contributed by atoms with Crippen molar-refractivity contribution in [3.8, 4) is 11.5 Å². The Labute approximate surface area is 187 Å². The number of hydrazone groups is 1. The molecule has 2 N–H and O–H groups in total. The first kappa shape index (κ1) is 22.6. The number of nitrogens with zero attached hydrogens (tertiary/aromatic N) is 1. The molecule has 0 saturated carbocycles. The molecule has 1 heterocycles. The minimum absolute atomic E-state index is 0.159. The largest absolute Gasteiger partial charge is 0.487 e. The van der Waals surface area contributed by atoms with Crippen molar-refractivity contribution in [2.75, 3.05) is 18.5 Å². The lowest BCUT2D eigenvalue weighted by molar-refractivity contribution is -0.145. The average molecular weight is 442 g/mol. The summed E-state index contributed by atoms with van der Waals surface area (Å²) >= 11 is 5.39. The van der Waals surface area contributed by atoms with E-state index in [1.807, 2.05) is 51.1 Å². The first-order valence-corrected chi connectivity index (χ1v) is 10.5. The summed E-state index contributed by atoms with van der Waals surface area (Å²) in [4.78, 5) is 11.6. The van der Waals surface area contributed by atoms with Gasteiger partial charge in [0.2, 0.25) is 0 Å². The lowest BCUT2D eigenvalue weighted by Gasteiger charge is -2.33. The summed E-state index contributed by atoms with van der Waals surface area (Å²) in [6.45, 7) is 7.93. The second-order valence-corrected chi connectivity index (χ2v) is 8.19. The normalized spacial score (nSPS) is 15.4. The maximum atomic E-state index is 11.6. The van der Waals surface area contributed by atoms with Gasteiger partial charge in [-0.3, -0.25) is 5.43 Å². The number of carbonyl (C=O) groups excluding carboxylic acids is 1. The summed E-state index contributed by atoms with van der Waals surface area (Å²) < 4.78 is 16.5. The van der Waals surface area contributed by atoms with E-state index in [-0.39, 0.29) is 6.61 Å². The van der Waals surface area contributed by atoms with Crippen LogP contribution in [0.25, 0.3) is 0 Å². The quantitative estimate of drug-likeness (QED) is 0.395. The van der Waals surface area contributed by atoms with Crippen molar-refractivity contribution in [2.45, 2.75) is 39.7 Å². The summed E-state index contributed by atoms with van der Waals surface area (Å²) in [5, 5.41) is 8.06. The Morgan fingerprint density at radius 3 is 2.81 bits per heavy atom. The van der Waals surface area contributed by atoms with Gasteiger partial charge in [0.1, 0.15) is 17.1 Å². The van der Waals surface area contributed by atoms with Crippen molar-refractivity contribution in [1.82, 2.24) is 5.43 Å². The first-order valence-electron chi connectivity index (χ1n) is 10.1. The van der Waals surface area contributed by atoms with E-state index in [1.54, 1.807) is 19.1 Å². The topological polar surface area (TPSA) is 81.2 Å². The maximum absolute atomic E-state index is 11.6. The number of aryl methyl sites for hydroxylation is 1. The van der Waals surface area contributed by atoms with Crippen LogP contribution in [-0.4, -0.2) is 35.6 Å². The van der Waals surface area contributed by atoms with Crippen LogP contribution in [-0.2, 0) is 9.53 Å². The number of thiocarbonyl (C=S) groups is 1. The molecule has 7 nitrogen and oxygen atoms in total. The van der Waals surface area contributed by atoms with Crippen LogP contribution in [0.2, 0.25) is 0 Å². The summed E-state index contributed by atoms with van der Waals surface area (Å²) in [6.07, 6.45) is 0.571. The number of ether oxygens (including phenoxy) is 3. The molecule has 0 amide bonds. The molecule has 0 radical (unpaired) electrons. The Balaban J connectivity index is 1.76. The van der Waals surface area contributed by atoms with Crippen LogP contribution in [0.1, 0.15) is 38.3 Å². The maximum Gasteiger partial charge on any atom is 0.344 e. The Bertz CT molecular complexity index is 1000. The van der Waals surface area contributed by atoms with E-state index in [2.05, 4.69) is 15.8 Å². The Morgan fingerprint density at radius 2 is 2.06 bits per heavy atom. The van der Waals surface area contributed by atoms with Crippen LogP contribution in [0.15, 0.2) is 47.6 Å². The van der Waals surface area contributed by atoms with Crippen molar-refractivity contribution in [2.24, 2.45) is 5.10 Å². The highest BCUT2D eigenvalue weighted by Gasteiger charge is 2.31. The molecule has 1 aliphatic heterocycles. The highest BCUT2D eigenvalue weighted by molar-refractivity contribution is 7.80. The molecule has 8 heteroatoms. The Kier molecular flexibility index (Phi) is 7.12. The van der Waals surface area contributed by atoms with Crippen LogP contribution in [0.4, 0.5) is 5.69 Å². The van der Waals surface area contributed by atoms with E-state index >= 15 is 0 Å². The number of esters is 1. The number of hydrogen-bond acceptors (Lipinski definition) is 6. The number of benzene rings is 2. The van der Waals surface area contributed by atoms with Gasteiger partial charge >= 0.3 is 5.97 Å². The number of anilines is 1. The summed E-state index contributed by atoms with van der Waals surface area (Å²) in [5.74, 6) is 0.807. The molecule has 0 aromatic heterocycles. The Hall–Kier alpha value is -3.13. The molecule has 0 saturated heterocycles. The van der Waals surface area contributed by atoms with Gasteiger partial charge in [-0.25, -0.2) is 4.79 Å². The van der Waals surface area contributed by atoms with E-state index in [0.717, 1.165) is 22.5 Å². The third-order valence-electron chi connectivity index (χ3n) is 4.47. The Morgan fingerprint density at radius 1 is 1.26 bits per heavy atom. The van der Waals surface area contributed by atoms with Gasteiger partial charge in [-0.05, 0) is 75.8 Å². The van der Waals surface area contributed by atoms with Crippen molar-refractivity contribution >= 4 is 34.7 Å². The highest BCUT2D eigenvalue weighted by Crippen LogP contribution is 2.35. The molecule has 1 aliphatic rings. The van der Waals surface area contributed by atoms with Gasteiger partial charge in [-0.1, -0.05) is 12.1 Å². The fraction of sp³-hybridized carbons (Fsp3) is 0.348. The number of rotatable bonds is 6. The molecule has 0 atom stereocenters. The van der Waals surface area contributed by atoms with Crippen molar-refractivity contribution in [3.63, 3.8) is 0 Å². The molecule has 3 rings (SSSR count). The SMILES string of the molecule is CCOC(=O)COc1ccc2c(c1)C(=NNC(=S)Nc1cccc(C)c1)CC(C)(C)O2. The van der Waals surface area contributed by atoms with Crippen LogP contribution in [0.5, 0.6) is 11.5 Å². The minimum Gasteiger partial charge on any atom is -0.487 e. The molecule has 0 aliphatic carbocycles. The van der Waals surface area contributed by atoms with E-state index in [9.17, 15) is 4.79 Å². The fourth-order valence-electron chi connectivity index (χ4n) is 3.19. The predicted molar refractivity (Wildman–Crippen MR) is 125 cm³/mol. The van der Waals surface area contributed by atoms with E-state index < -0.39 is 11.6 Å². The fourth-order valence-corrected chi connectivity index (χ4v) is 3.35. The first-order chi connectivity index (χ1) is 14.8. The predicted octanol–water partition coefficient (Wildman–Crippen LogP) is 4.19. The van der Waals surface area contributed by atoms with Crippen LogP contribution < -0.4 is 20.2 Å². The zero-order valence-electron chi connectivity index (χ0n) is 18.2. The van der Waals surface area contributed by atoms with Crippen molar-refractivity contribution in [3.05, 3.63) is 53.6 Å². The second kappa shape index (κ2) is 9.78. The highest BCUT2D eigenvalue weighted by atomic mass is 32.1. The summed E-state index contributed by atoms with van der Waals surface area (Å²) in [5.41, 5.74) is 6.08. The number of fused-ring (bicyclic) bond motifs is 1. The van der Waals surface area contributed by atoms with Crippen LogP contribution in [0.3, 0.4) is 0 Å². The molecule has 0 unspecified atom stereocenters. The summed E-state index contributed by atoms with van der Waals surface area (Å²) in [7, 11) is 0. The van der Waals surface area contributed by atoms with Crippen molar-refractivity contribution in [1.29, 1.82) is 0 Å². The van der Waals surface area contributed by atoms with Crippen LogP contribution in [0, 0.1) is 6.92 Å². The van der Waals surface area contributed by atoms with E-state index in [0.29, 0.717) is 29.6 Å². The molecule has 0 spiro atoms. The molecular formula is C23H27N3O4S. The third kappa shape index (κ3) is 6.42. The second-order valence-electron chi connectivity index (χ2n) is 7.78. The van der Waals surface area contributed by atoms with E-state index in [1.165, 1.54) is 0 Å². The van der Waals surface area contributed by atoms with Gasteiger partial charge in [0.15, 0.2) is 11.7 Å². The smallest absolute Gasteiger partial charge is 0.344 e. The zero-order valence-corrected chi connectivity index (χ0v) is 19.0. The molecule has 164 valence electrons. The third-order valence-corrected chi connectivity index (χ3v) is 4.67. The molecule has 2 aromatic carbocycles. The summed E-state index contributed by atoms with van der Waals surface area (Å²) in [6, 6.07) is 13.3. The lowest BCUT2D eigenvalue weighted by atomic mass is 9.92. The van der Waals surface area contributed by atoms with Gasteiger partial charge in [0, 0.05) is 17.7 Å². The van der Waals surface area contributed by atoms with Crippen molar-refractivity contribution < 1.29 is 19.0 Å². The van der Waals surface area contributed by atoms with Gasteiger partial charge in [0.25, 0.3) is 0 Å². The average Bonchev–Trinajstić information content (AvgIpc) is 2.70. The molecular weight excluding hydrogens is 414 g/mol. The van der Waals surface area contributed by atoms with Crippen LogP contribution >= 0.6 is 12.2 Å². The number of nitrogens with one attached hydrogen (secondary N) is 2. The molecule has 31 heavy (non-hydrogen) atoms.